The van der Waals surface area contributed by atoms with Crippen LogP contribution in [0.4, 0.5) is 32.3 Å². The molecule has 2 atom stereocenters. The third-order valence-corrected chi connectivity index (χ3v) is 14.1. The highest BCUT2D eigenvalue weighted by Gasteiger charge is 2.33. The monoisotopic (exact) mass is 956 g/mol. The molecule has 6 aromatic rings. The van der Waals surface area contributed by atoms with Gasteiger partial charge in [0, 0.05) is 44.9 Å². The Bertz CT molecular complexity index is 2930. The minimum Gasteiger partial charge on any atom is -0.325 e. The van der Waals surface area contributed by atoms with E-state index < -0.39 is 56.4 Å². The van der Waals surface area contributed by atoms with Crippen LogP contribution in [0.15, 0.2) is 170 Å². The average molecular weight is 957 g/mol. The largest absolute Gasteiger partial charge is 0.330 e. The maximum absolute atomic E-state index is 14.8. The first-order valence-electron chi connectivity index (χ1n) is 21.8. The Balaban J connectivity index is 1.09. The van der Waals surface area contributed by atoms with Crippen molar-refractivity contribution in [3.63, 3.8) is 0 Å². The zero-order valence-electron chi connectivity index (χ0n) is 37.4. The molecule has 16 nitrogen and oxygen atoms in total. The van der Waals surface area contributed by atoms with Gasteiger partial charge in [-0.2, -0.15) is 16.8 Å². The van der Waals surface area contributed by atoms with Crippen LogP contribution in [-0.4, -0.2) is 73.4 Å². The second-order valence-electron chi connectivity index (χ2n) is 16.1. The second kappa shape index (κ2) is 21.7. The summed E-state index contributed by atoms with van der Waals surface area (Å²) in [5, 5.41) is 5.19. The molecule has 0 saturated heterocycles. The number of urea groups is 2. The van der Waals surface area contributed by atoms with Gasteiger partial charge in [0.2, 0.25) is 11.8 Å². The van der Waals surface area contributed by atoms with Gasteiger partial charge in [0.05, 0.1) is 17.9 Å². The summed E-state index contributed by atoms with van der Waals surface area (Å²) in [7, 11) is -6.15. The number of carbonyl (C=O) groups is 4. The number of amides is 6. The van der Waals surface area contributed by atoms with Crippen molar-refractivity contribution in [2.75, 3.05) is 39.1 Å². The number of fused-ring (bicyclic) bond motifs is 1. The van der Waals surface area contributed by atoms with Crippen LogP contribution in [0.1, 0.15) is 28.7 Å². The second-order valence-corrected chi connectivity index (χ2v) is 19.4. The number of hydrogen-bond acceptors (Lipinski definition) is 8. The summed E-state index contributed by atoms with van der Waals surface area (Å²) in [4.78, 5) is 58.5. The van der Waals surface area contributed by atoms with Crippen molar-refractivity contribution in [2.45, 2.75) is 44.3 Å². The molecule has 0 spiro atoms. The van der Waals surface area contributed by atoms with E-state index >= 15 is 0 Å². The Morgan fingerprint density at radius 3 is 1.65 bits per heavy atom. The van der Waals surface area contributed by atoms with Crippen LogP contribution < -0.4 is 38.5 Å². The van der Waals surface area contributed by atoms with Gasteiger partial charge >= 0.3 is 32.5 Å². The van der Waals surface area contributed by atoms with Gasteiger partial charge in [-0.3, -0.25) is 18.2 Å². The molecular formula is C50H52N8O8S2. The first kappa shape index (κ1) is 48.2. The highest BCUT2D eigenvalue weighted by Crippen LogP contribution is 2.29. The van der Waals surface area contributed by atoms with Gasteiger partial charge in [-0.05, 0) is 77.6 Å². The van der Waals surface area contributed by atoms with Gasteiger partial charge in [-0.25, -0.2) is 19.0 Å². The molecule has 7 rings (SSSR count). The molecule has 0 aromatic heterocycles. The molecule has 1 aliphatic rings. The number of anilines is 4. The predicted octanol–water partition coefficient (Wildman–Crippen LogP) is 6.08. The Morgan fingerprint density at radius 1 is 0.559 bits per heavy atom. The third kappa shape index (κ3) is 12.2. The van der Waals surface area contributed by atoms with Crippen LogP contribution >= 0.6 is 0 Å². The molecule has 352 valence electrons. The first-order chi connectivity index (χ1) is 32.7. The fourth-order valence-electron chi connectivity index (χ4n) is 7.86. The zero-order valence-corrected chi connectivity index (χ0v) is 39.1. The van der Waals surface area contributed by atoms with Crippen molar-refractivity contribution in [2.24, 2.45) is 0 Å². The van der Waals surface area contributed by atoms with E-state index in [1.165, 1.54) is 29.0 Å². The molecule has 18 heteroatoms. The molecule has 68 heavy (non-hydrogen) atoms. The zero-order chi connectivity index (χ0) is 48.3. The number of carbonyl (C=O) groups excluding carboxylic acids is 4. The quantitative estimate of drug-likeness (QED) is 0.0844. The summed E-state index contributed by atoms with van der Waals surface area (Å²) in [6.07, 6.45) is 1.32. The number of rotatable bonds is 17. The van der Waals surface area contributed by atoms with E-state index in [1.807, 2.05) is 35.1 Å². The highest BCUT2D eigenvalue weighted by molar-refractivity contribution is 7.91. The van der Waals surface area contributed by atoms with Gasteiger partial charge in [0.25, 0.3) is 0 Å². The van der Waals surface area contributed by atoms with Crippen molar-refractivity contribution >= 4 is 67.0 Å². The van der Waals surface area contributed by atoms with E-state index in [0.29, 0.717) is 41.0 Å². The number of aryl methyl sites for hydroxylation is 1. The van der Waals surface area contributed by atoms with Gasteiger partial charge in [0.15, 0.2) is 0 Å². The van der Waals surface area contributed by atoms with Crippen LogP contribution in [0, 0.1) is 0 Å². The molecule has 0 bridgehead atoms. The molecule has 1 aliphatic heterocycles. The van der Waals surface area contributed by atoms with Crippen LogP contribution in [0.25, 0.3) is 0 Å². The minimum atomic E-state index is -4.59. The van der Waals surface area contributed by atoms with Crippen LogP contribution in [0.5, 0.6) is 0 Å². The molecule has 6 aromatic carbocycles. The molecular weight excluding hydrogens is 905 g/mol. The smallest absolute Gasteiger partial charge is 0.325 e. The SMILES string of the molecule is CN(C(=O)[C@H](Cc1ccccc1)NC(=O)NS(=O)(=O)N(C)c1cccc(CN(C(=O)[C@H](Cc2ccccc2)NC(=O)NS(=O)(=O)N2CCCc3ccccc32)c2ccccc2)c1)c1ccccc1. The molecule has 6 amide bonds. The maximum Gasteiger partial charge on any atom is 0.330 e. The Hall–Kier alpha value is -7.70. The van der Waals surface area contributed by atoms with Crippen molar-refractivity contribution in [1.82, 2.24) is 20.1 Å². The van der Waals surface area contributed by atoms with Crippen LogP contribution in [0.3, 0.4) is 0 Å². The summed E-state index contributed by atoms with van der Waals surface area (Å²) >= 11 is 0. The molecule has 0 saturated carbocycles. The van der Waals surface area contributed by atoms with E-state index in [4.69, 9.17) is 0 Å². The lowest BCUT2D eigenvalue weighted by Gasteiger charge is -2.31. The fraction of sp³-hybridized carbons (Fsp3) is 0.200. The molecule has 4 N–H and O–H groups in total. The normalized spacial score (nSPS) is 13.2. The predicted molar refractivity (Wildman–Crippen MR) is 263 cm³/mol. The summed E-state index contributed by atoms with van der Waals surface area (Å²) in [6.45, 7) is 0.0456. The molecule has 1 heterocycles. The lowest BCUT2D eigenvalue weighted by molar-refractivity contribution is -0.121. The fourth-order valence-corrected chi connectivity index (χ4v) is 9.89. The molecule has 0 unspecified atom stereocenters. The maximum atomic E-state index is 14.8. The summed E-state index contributed by atoms with van der Waals surface area (Å²) in [5.41, 5.74) is 4.36. The van der Waals surface area contributed by atoms with Crippen molar-refractivity contribution in [3.8, 4) is 0 Å². The van der Waals surface area contributed by atoms with E-state index in [2.05, 4.69) is 15.4 Å². The Kier molecular flexibility index (Phi) is 15.4. The first-order valence-corrected chi connectivity index (χ1v) is 24.7. The van der Waals surface area contributed by atoms with Gasteiger partial charge in [-0.1, -0.05) is 127 Å². The Labute approximate surface area is 396 Å². The lowest BCUT2D eigenvalue weighted by Crippen LogP contribution is -2.55. The average Bonchev–Trinajstić information content (AvgIpc) is 3.35. The minimum absolute atomic E-state index is 0.00186. The standard InChI is InChI=1S/C50H52N8O8S2/c1-55(41-26-11-5-12-27-41)47(59)44(34-37-19-7-3-8-20-37)51-49(61)53-67(63,64)56(2)43-30-17-23-39(33-43)36-57(42-28-13-6-14-29-42)48(60)45(35-38-21-9-4-10-22-38)52-50(62)54-68(65,66)58-32-18-25-40-24-15-16-31-46(40)58/h3-17,19-24,26-31,33,44-45H,18,25,32,34-36H2,1-2H3,(H2,51,53,61)(H2,52,54,62)/t44-,45-/m0/s1. The van der Waals surface area contributed by atoms with Gasteiger partial charge in [0.1, 0.15) is 12.1 Å². The lowest BCUT2D eigenvalue weighted by atomic mass is 10.0. The number of nitrogens with zero attached hydrogens (tertiary/aromatic N) is 4. The van der Waals surface area contributed by atoms with E-state index in [0.717, 1.165) is 19.7 Å². The molecule has 0 fully saturated rings. The summed E-state index contributed by atoms with van der Waals surface area (Å²) in [5.74, 6) is -1.06. The van der Waals surface area contributed by atoms with Gasteiger partial charge in [-0.15, -0.1) is 0 Å². The van der Waals surface area contributed by atoms with Crippen molar-refractivity contribution in [3.05, 3.63) is 192 Å². The summed E-state index contributed by atoms with van der Waals surface area (Å²) in [6, 6.07) is 44.2. The van der Waals surface area contributed by atoms with E-state index in [1.54, 1.807) is 134 Å². The Morgan fingerprint density at radius 2 is 1.04 bits per heavy atom. The number of nitrogens with one attached hydrogen (secondary N) is 4. The highest BCUT2D eigenvalue weighted by atomic mass is 32.2. The number of para-hydroxylation sites is 3. The number of likely N-dealkylation sites (N-methyl/N-ethyl adjacent to an activating group) is 1. The van der Waals surface area contributed by atoms with Crippen molar-refractivity contribution in [1.29, 1.82) is 0 Å². The van der Waals surface area contributed by atoms with Crippen LogP contribution in [-0.2, 0) is 55.8 Å². The number of hydrogen-bond donors (Lipinski definition) is 4. The molecule has 0 aliphatic carbocycles. The van der Waals surface area contributed by atoms with Crippen LogP contribution in [0.2, 0.25) is 0 Å². The third-order valence-electron chi connectivity index (χ3n) is 11.4. The van der Waals surface area contributed by atoms with Gasteiger partial charge < -0.3 is 20.4 Å². The van der Waals surface area contributed by atoms with Crippen molar-refractivity contribution < 1.29 is 36.0 Å². The number of benzene rings is 6. The summed E-state index contributed by atoms with van der Waals surface area (Å²) < 4.78 is 61.1. The topological polar surface area (TPSA) is 198 Å². The molecule has 0 radical (unpaired) electrons. The van der Waals surface area contributed by atoms with E-state index in [-0.39, 0.29) is 31.6 Å². The van der Waals surface area contributed by atoms with E-state index in [9.17, 15) is 36.0 Å².